The minimum atomic E-state index is 0.106. The zero-order valence-electron chi connectivity index (χ0n) is 5.63. The zero-order valence-corrected chi connectivity index (χ0v) is 5.63. The maximum absolute atomic E-state index is 10.9. The highest BCUT2D eigenvalue weighted by Crippen LogP contribution is 2.08. The predicted octanol–water partition coefficient (Wildman–Crippen LogP) is 1.29. The van der Waals surface area contributed by atoms with E-state index in [1.807, 2.05) is 0 Å². The minimum Gasteiger partial charge on any atom is -0.294 e. The second-order valence-corrected chi connectivity index (χ2v) is 2.02. The molecule has 0 aromatic heterocycles. The summed E-state index contributed by atoms with van der Waals surface area (Å²) in [4.78, 5) is 14.7. The van der Waals surface area contributed by atoms with Gasteiger partial charge in [-0.25, -0.2) is 0 Å². The Morgan fingerprint density at radius 3 is 3.30 bits per heavy atom. The largest absolute Gasteiger partial charge is 0.294 e. The topological polar surface area (TPSA) is 29.4 Å². The first-order valence-electron chi connectivity index (χ1n) is 3.12. The van der Waals surface area contributed by atoms with Gasteiger partial charge in [0.05, 0.1) is 6.20 Å². The number of allylic oxidation sites excluding steroid dienone is 2. The summed E-state index contributed by atoms with van der Waals surface area (Å²) in [7, 11) is 0. The smallest absolute Gasteiger partial charge is 0.166 e. The van der Waals surface area contributed by atoms with Gasteiger partial charge in [0.1, 0.15) is 0 Å². The van der Waals surface area contributed by atoms with Gasteiger partial charge in [-0.1, -0.05) is 6.08 Å². The molecule has 0 fully saturated rings. The lowest BCUT2D eigenvalue weighted by atomic mass is 10.1. The molecule has 0 aliphatic carbocycles. The SMILES string of the molecule is C=CCC1=[C]N=CCC1=O. The van der Waals surface area contributed by atoms with Crippen molar-refractivity contribution in [2.45, 2.75) is 12.8 Å². The van der Waals surface area contributed by atoms with Gasteiger partial charge in [0.25, 0.3) is 0 Å². The number of hydrogen-bond acceptors (Lipinski definition) is 2. The summed E-state index contributed by atoms with van der Waals surface area (Å²) in [6.45, 7) is 3.52. The Bertz CT molecular complexity index is 213. The van der Waals surface area contributed by atoms with Gasteiger partial charge >= 0.3 is 0 Å². The summed E-state index contributed by atoms with van der Waals surface area (Å²) < 4.78 is 0. The van der Waals surface area contributed by atoms with Gasteiger partial charge in [0.2, 0.25) is 0 Å². The monoisotopic (exact) mass is 134 g/mol. The molecule has 0 amide bonds. The van der Waals surface area contributed by atoms with Gasteiger partial charge in [-0.2, -0.15) is 0 Å². The van der Waals surface area contributed by atoms with Gasteiger partial charge in [0, 0.05) is 18.2 Å². The lowest BCUT2D eigenvalue weighted by Gasteiger charge is -2.01. The molecule has 0 bridgehead atoms. The molecule has 0 atom stereocenters. The van der Waals surface area contributed by atoms with Crippen LogP contribution in [0.1, 0.15) is 12.8 Å². The molecule has 0 aromatic rings. The van der Waals surface area contributed by atoms with Crippen molar-refractivity contribution in [1.29, 1.82) is 0 Å². The highest BCUT2D eigenvalue weighted by atomic mass is 16.1. The van der Waals surface area contributed by atoms with Crippen molar-refractivity contribution in [3.63, 3.8) is 0 Å². The van der Waals surface area contributed by atoms with E-state index in [9.17, 15) is 4.79 Å². The summed E-state index contributed by atoms with van der Waals surface area (Å²) in [5.74, 6) is 0.106. The van der Waals surface area contributed by atoms with E-state index >= 15 is 0 Å². The first-order valence-corrected chi connectivity index (χ1v) is 3.12. The maximum Gasteiger partial charge on any atom is 0.166 e. The van der Waals surface area contributed by atoms with Crippen LogP contribution in [-0.4, -0.2) is 12.0 Å². The third-order valence-electron chi connectivity index (χ3n) is 1.25. The van der Waals surface area contributed by atoms with E-state index in [-0.39, 0.29) is 5.78 Å². The predicted molar refractivity (Wildman–Crippen MR) is 39.7 cm³/mol. The van der Waals surface area contributed by atoms with Crippen molar-refractivity contribution in [3.05, 3.63) is 24.4 Å². The van der Waals surface area contributed by atoms with Gasteiger partial charge in [-0.15, -0.1) is 6.58 Å². The quantitative estimate of drug-likeness (QED) is 0.523. The Morgan fingerprint density at radius 2 is 2.70 bits per heavy atom. The average Bonchev–Trinajstić information content (AvgIpc) is 1.94. The standard InChI is InChI=1S/C8H8NO/c1-2-3-7-6-9-5-4-8(7)10/h2,5H,1,3-4H2. The van der Waals surface area contributed by atoms with Crippen LogP contribution >= 0.6 is 0 Å². The van der Waals surface area contributed by atoms with Crippen molar-refractivity contribution in [2.75, 3.05) is 0 Å². The molecule has 1 aliphatic heterocycles. The van der Waals surface area contributed by atoms with Gasteiger partial charge in [-0.05, 0) is 6.42 Å². The molecular weight excluding hydrogens is 126 g/mol. The molecule has 10 heavy (non-hydrogen) atoms. The van der Waals surface area contributed by atoms with E-state index < -0.39 is 0 Å². The van der Waals surface area contributed by atoms with Crippen LogP contribution in [0.3, 0.4) is 0 Å². The van der Waals surface area contributed by atoms with E-state index in [2.05, 4.69) is 17.8 Å². The van der Waals surface area contributed by atoms with Gasteiger partial charge in [-0.3, -0.25) is 9.79 Å². The summed E-state index contributed by atoms with van der Waals surface area (Å²) in [6, 6.07) is 0. The zero-order chi connectivity index (χ0) is 7.40. The average molecular weight is 134 g/mol. The lowest BCUT2D eigenvalue weighted by molar-refractivity contribution is -0.114. The highest BCUT2D eigenvalue weighted by molar-refractivity contribution is 6.04. The second kappa shape index (κ2) is 3.11. The van der Waals surface area contributed by atoms with Crippen LogP contribution in [0.25, 0.3) is 0 Å². The summed E-state index contributed by atoms with van der Waals surface area (Å²) in [6.07, 6.45) is 6.87. The normalized spacial score (nSPS) is 16.8. The Hall–Kier alpha value is -1.18. The number of Topliss-reactive ketones (excluding diaryl/α,β-unsaturated/α-hetero) is 1. The molecule has 0 spiro atoms. The first kappa shape index (κ1) is 6.93. The fourth-order valence-corrected chi connectivity index (χ4v) is 0.741. The second-order valence-electron chi connectivity index (χ2n) is 2.02. The number of carbonyl (C=O) groups excluding carboxylic acids is 1. The molecule has 0 N–H and O–H groups in total. The number of carbonyl (C=O) groups is 1. The van der Waals surface area contributed by atoms with Crippen molar-refractivity contribution in [1.82, 2.24) is 0 Å². The molecule has 1 radical (unpaired) electrons. The molecule has 1 heterocycles. The number of nitrogens with zero attached hydrogens (tertiary/aromatic N) is 1. The van der Waals surface area contributed by atoms with Crippen LogP contribution < -0.4 is 0 Å². The third kappa shape index (κ3) is 1.41. The number of rotatable bonds is 2. The minimum absolute atomic E-state index is 0.106. The Labute approximate surface area is 60.0 Å². The van der Waals surface area contributed by atoms with Crippen LogP contribution in [0, 0.1) is 6.20 Å². The first-order chi connectivity index (χ1) is 4.84. The summed E-state index contributed by atoms with van der Waals surface area (Å²) in [5, 5.41) is 0. The molecule has 0 aromatic carbocycles. The Kier molecular flexibility index (Phi) is 2.15. The Morgan fingerprint density at radius 1 is 1.90 bits per heavy atom. The van der Waals surface area contributed by atoms with E-state index in [1.165, 1.54) is 0 Å². The Balaban J connectivity index is 2.70. The molecule has 2 nitrogen and oxygen atoms in total. The summed E-state index contributed by atoms with van der Waals surface area (Å²) in [5.41, 5.74) is 0.637. The molecule has 1 rings (SSSR count). The highest BCUT2D eigenvalue weighted by Gasteiger charge is 2.08. The van der Waals surface area contributed by atoms with Crippen LogP contribution in [0.4, 0.5) is 0 Å². The van der Waals surface area contributed by atoms with Crippen molar-refractivity contribution < 1.29 is 4.79 Å². The van der Waals surface area contributed by atoms with E-state index in [1.54, 1.807) is 12.3 Å². The number of hydrogen-bond donors (Lipinski definition) is 0. The van der Waals surface area contributed by atoms with Gasteiger partial charge < -0.3 is 0 Å². The van der Waals surface area contributed by atoms with Crippen molar-refractivity contribution >= 4 is 12.0 Å². The van der Waals surface area contributed by atoms with Crippen LogP contribution in [0.5, 0.6) is 0 Å². The molecule has 0 unspecified atom stereocenters. The van der Waals surface area contributed by atoms with Crippen molar-refractivity contribution in [2.24, 2.45) is 4.99 Å². The molecule has 0 saturated heterocycles. The third-order valence-corrected chi connectivity index (χ3v) is 1.25. The van der Waals surface area contributed by atoms with Gasteiger partial charge in [0.15, 0.2) is 5.78 Å². The molecule has 1 aliphatic rings. The fraction of sp³-hybridized carbons (Fsp3) is 0.250. The molecule has 0 saturated carbocycles. The molecule has 2 heteroatoms. The van der Waals surface area contributed by atoms with Crippen molar-refractivity contribution in [3.8, 4) is 0 Å². The van der Waals surface area contributed by atoms with Crippen LogP contribution in [0.2, 0.25) is 0 Å². The molecule has 51 valence electrons. The van der Waals surface area contributed by atoms with E-state index in [4.69, 9.17) is 0 Å². The maximum atomic E-state index is 10.9. The van der Waals surface area contributed by atoms with E-state index in [0.29, 0.717) is 18.4 Å². The molecular formula is C8H8NO. The number of ketones is 1. The van der Waals surface area contributed by atoms with Crippen LogP contribution in [0.15, 0.2) is 23.2 Å². The summed E-state index contributed by atoms with van der Waals surface area (Å²) >= 11 is 0. The number of aliphatic imine (C=N–C) groups is 1. The van der Waals surface area contributed by atoms with Crippen LogP contribution in [-0.2, 0) is 4.79 Å². The lowest BCUT2D eigenvalue weighted by Crippen LogP contribution is -2.05. The van der Waals surface area contributed by atoms with E-state index in [0.717, 1.165) is 0 Å². The fourth-order valence-electron chi connectivity index (χ4n) is 0.741.